The molecule has 176 valence electrons. The van der Waals surface area contributed by atoms with Gasteiger partial charge in [0.25, 0.3) is 10.1 Å². The Morgan fingerprint density at radius 1 is 0.839 bits per heavy atom. The Bertz CT molecular complexity index is 807. The number of nitrogens with one attached hydrogen (secondary N) is 4. The van der Waals surface area contributed by atoms with Crippen LogP contribution in [0.25, 0.3) is 0 Å². The molecule has 0 aliphatic carbocycles. The van der Waals surface area contributed by atoms with E-state index in [1.165, 1.54) is 0 Å². The van der Waals surface area contributed by atoms with Gasteiger partial charge in [0, 0.05) is 26.2 Å². The van der Waals surface area contributed by atoms with E-state index >= 15 is 0 Å². The fourth-order valence-corrected chi connectivity index (χ4v) is 4.09. The van der Waals surface area contributed by atoms with E-state index < -0.39 is 10.1 Å². The molecule has 1 aromatic carbocycles. The van der Waals surface area contributed by atoms with Gasteiger partial charge in [-0.25, -0.2) is 0 Å². The molecule has 31 heavy (non-hydrogen) atoms. The number of hydrogen-bond acceptors (Lipinski definition) is 8. The van der Waals surface area contributed by atoms with Gasteiger partial charge in [0.2, 0.25) is 0 Å². The van der Waals surface area contributed by atoms with Gasteiger partial charge in [-0.2, -0.15) is 18.6 Å². The van der Waals surface area contributed by atoms with Gasteiger partial charge in [0.1, 0.15) is 16.8 Å². The highest BCUT2D eigenvalue weighted by Crippen LogP contribution is 2.31. The molecular formula is C21H38N6O3S. The molecule has 0 radical (unpaired) electrons. The average Bonchev–Trinajstić information content (AvgIpc) is 3.31. The minimum atomic E-state index is -3.88. The average molecular weight is 455 g/mol. The number of nitrogens with zero attached hydrogens (tertiary/aromatic N) is 2. The van der Waals surface area contributed by atoms with Crippen LogP contribution < -0.4 is 21.3 Å². The molecule has 10 heteroatoms. The van der Waals surface area contributed by atoms with Crippen LogP contribution in [0.3, 0.4) is 0 Å². The molecule has 0 saturated carbocycles. The van der Waals surface area contributed by atoms with E-state index in [0.717, 1.165) is 26.2 Å². The fourth-order valence-electron chi connectivity index (χ4n) is 3.48. The van der Waals surface area contributed by atoms with Crippen molar-refractivity contribution in [3.63, 3.8) is 0 Å². The van der Waals surface area contributed by atoms with Gasteiger partial charge in [-0.1, -0.05) is 30.3 Å². The molecule has 2 heterocycles. The molecule has 3 rings (SSSR count). The third-order valence-electron chi connectivity index (χ3n) is 6.35. The largest absolute Gasteiger partial charge is 0.296 e. The molecular weight excluding hydrogens is 416 g/mol. The summed E-state index contributed by atoms with van der Waals surface area (Å²) in [5.74, 6) is -0.312. The van der Waals surface area contributed by atoms with E-state index in [9.17, 15) is 8.42 Å². The van der Waals surface area contributed by atoms with Crippen LogP contribution in [0.5, 0.6) is 0 Å². The van der Waals surface area contributed by atoms with Gasteiger partial charge in [-0.15, -0.1) is 0 Å². The van der Waals surface area contributed by atoms with Crippen molar-refractivity contribution >= 4 is 10.1 Å². The van der Waals surface area contributed by atoms with Gasteiger partial charge in [-0.3, -0.25) is 25.8 Å². The van der Waals surface area contributed by atoms with Crippen molar-refractivity contribution in [1.82, 2.24) is 21.3 Å². The van der Waals surface area contributed by atoms with E-state index in [-0.39, 0.29) is 28.2 Å². The quantitative estimate of drug-likeness (QED) is 0.328. The summed E-state index contributed by atoms with van der Waals surface area (Å²) in [4.78, 5) is 0. The lowest BCUT2D eigenvalue weighted by Gasteiger charge is -2.41. The van der Waals surface area contributed by atoms with Gasteiger partial charge in [0.05, 0.1) is 11.3 Å². The van der Waals surface area contributed by atoms with Crippen LogP contribution in [0.1, 0.15) is 47.1 Å². The Kier molecular flexibility index (Phi) is 8.00. The smallest absolute Gasteiger partial charge is 0.269 e. The number of hydrogen-bond donors (Lipinski definition) is 5. The maximum atomic E-state index is 10.4. The molecule has 2 aliphatic rings. The van der Waals surface area contributed by atoms with Crippen molar-refractivity contribution in [1.29, 1.82) is 0 Å². The molecule has 2 saturated heterocycles. The van der Waals surface area contributed by atoms with Crippen LogP contribution in [0.2, 0.25) is 0 Å². The highest BCUT2D eigenvalue weighted by atomic mass is 32.2. The molecule has 9 nitrogen and oxygen atoms in total. The van der Waals surface area contributed by atoms with E-state index in [0.29, 0.717) is 5.56 Å². The molecule has 0 unspecified atom stereocenters. The minimum Gasteiger partial charge on any atom is -0.296 e. The Balaban J connectivity index is 0.000000262. The second-order valence-electron chi connectivity index (χ2n) is 9.49. The van der Waals surface area contributed by atoms with Gasteiger partial charge in [0.15, 0.2) is 0 Å². The first kappa shape index (κ1) is 25.8. The zero-order valence-corrected chi connectivity index (χ0v) is 20.3. The first-order valence-electron chi connectivity index (χ1n) is 10.6. The highest BCUT2D eigenvalue weighted by molar-refractivity contribution is 7.85. The van der Waals surface area contributed by atoms with Crippen molar-refractivity contribution in [2.75, 3.05) is 26.2 Å². The molecule has 1 aromatic rings. The lowest BCUT2D eigenvalue weighted by atomic mass is 9.89. The van der Waals surface area contributed by atoms with Crippen molar-refractivity contribution in [2.45, 2.75) is 69.7 Å². The standard InChI is InChI=1S/C14H30N6.C7H8O3S/c1-11(2,13(5)15-7-8-16-13)19-20-12(3,4)14(6)17-9-10-18-14;8-11(9,10)6-7-4-2-1-3-5-7/h15-18H,7-10H2,1-6H3;1-5H,6H2,(H,8,9,10). The van der Waals surface area contributed by atoms with Crippen LogP contribution in [0, 0.1) is 0 Å². The van der Waals surface area contributed by atoms with Gasteiger partial charge < -0.3 is 0 Å². The summed E-state index contributed by atoms with van der Waals surface area (Å²) in [6.45, 7) is 16.7. The summed E-state index contributed by atoms with van der Waals surface area (Å²) in [6, 6.07) is 8.52. The fraction of sp³-hybridized carbons (Fsp3) is 0.714. The van der Waals surface area contributed by atoms with Gasteiger partial charge >= 0.3 is 0 Å². The summed E-state index contributed by atoms with van der Waals surface area (Å²) in [5.41, 5.74) is -0.436. The lowest BCUT2D eigenvalue weighted by molar-refractivity contribution is 0.179. The number of benzene rings is 1. The Morgan fingerprint density at radius 3 is 1.52 bits per heavy atom. The summed E-state index contributed by atoms with van der Waals surface area (Å²) in [7, 11) is -3.88. The van der Waals surface area contributed by atoms with Crippen LogP contribution in [0.4, 0.5) is 0 Å². The topological polar surface area (TPSA) is 127 Å². The van der Waals surface area contributed by atoms with Crippen molar-refractivity contribution in [3.8, 4) is 0 Å². The highest BCUT2D eigenvalue weighted by Gasteiger charge is 2.46. The van der Waals surface area contributed by atoms with Crippen molar-refractivity contribution < 1.29 is 13.0 Å². The molecule has 0 atom stereocenters. The molecule has 0 aromatic heterocycles. The van der Waals surface area contributed by atoms with E-state index in [4.69, 9.17) is 14.8 Å². The first-order valence-corrected chi connectivity index (χ1v) is 12.2. The minimum absolute atomic E-state index is 0.204. The number of rotatable bonds is 6. The third kappa shape index (κ3) is 6.77. The molecule has 0 spiro atoms. The SMILES string of the molecule is CC(C)(N=NC(C)(C)C1(C)NCCN1)C1(C)NCCN1.O=S(=O)(O)Cc1ccccc1. The molecule has 2 aliphatic heterocycles. The second-order valence-corrected chi connectivity index (χ2v) is 10.9. The first-order chi connectivity index (χ1) is 14.2. The van der Waals surface area contributed by atoms with Gasteiger partial charge in [-0.05, 0) is 47.1 Å². The zero-order chi connectivity index (χ0) is 23.4. The molecule has 2 fully saturated rings. The summed E-state index contributed by atoms with van der Waals surface area (Å²) >= 11 is 0. The van der Waals surface area contributed by atoms with Crippen LogP contribution >= 0.6 is 0 Å². The van der Waals surface area contributed by atoms with E-state index in [1.54, 1.807) is 30.3 Å². The molecule has 0 amide bonds. The Morgan fingerprint density at radius 2 is 1.19 bits per heavy atom. The summed E-state index contributed by atoms with van der Waals surface area (Å²) < 4.78 is 29.2. The van der Waals surface area contributed by atoms with Crippen molar-refractivity contribution in [3.05, 3.63) is 35.9 Å². The normalized spacial score (nSPS) is 21.1. The van der Waals surface area contributed by atoms with E-state index in [2.05, 4.69) is 62.8 Å². The maximum Gasteiger partial charge on any atom is 0.269 e. The van der Waals surface area contributed by atoms with Crippen LogP contribution in [-0.4, -0.2) is 61.6 Å². The Hall–Kier alpha value is -1.43. The predicted octanol–water partition coefficient (Wildman–Crippen LogP) is 1.89. The number of azo groups is 1. The van der Waals surface area contributed by atoms with Crippen molar-refractivity contribution in [2.24, 2.45) is 10.2 Å². The second kappa shape index (κ2) is 9.60. The Labute approximate surface area is 186 Å². The van der Waals surface area contributed by atoms with Crippen LogP contribution in [0.15, 0.2) is 40.6 Å². The molecule has 0 bridgehead atoms. The molecule has 5 N–H and O–H groups in total. The van der Waals surface area contributed by atoms with Crippen LogP contribution in [-0.2, 0) is 15.9 Å². The zero-order valence-electron chi connectivity index (χ0n) is 19.5. The third-order valence-corrected chi connectivity index (χ3v) is 7.05. The maximum absolute atomic E-state index is 10.4. The summed E-state index contributed by atoms with van der Waals surface area (Å²) in [5, 5.41) is 23.4. The lowest BCUT2D eigenvalue weighted by Crippen LogP contribution is -2.62. The monoisotopic (exact) mass is 454 g/mol. The van der Waals surface area contributed by atoms with E-state index in [1.807, 2.05) is 0 Å². The summed E-state index contributed by atoms with van der Waals surface area (Å²) in [6.07, 6.45) is 0. The predicted molar refractivity (Wildman–Crippen MR) is 124 cm³/mol.